The summed E-state index contributed by atoms with van der Waals surface area (Å²) in [4.78, 5) is 0. The van der Waals surface area contributed by atoms with Crippen LogP contribution in [0.2, 0.25) is 0 Å². The van der Waals surface area contributed by atoms with Crippen molar-refractivity contribution in [3.63, 3.8) is 0 Å². The highest BCUT2D eigenvalue weighted by Crippen LogP contribution is 1.98. The second-order valence-electron chi connectivity index (χ2n) is 2.46. The first-order valence-electron chi connectivity index (χ1n) is 4.33. The third-order valence-electron chi connectivity index (χ3n) is 1.40. The van der Waals surface area contributed by atoms with Gasteiger partial charge in [-0.2, -0.15) is 0 Å². The van der Waals surface area contributed by atoms with Crippen LogP contribution in [0.5, 0.6) is 0 Å². The van der Waals surface area contributed by atoms with Gasteiger partial charge < -0.3 is 4.74 Å². The molecule has 0 aromatic carbocycles. The maximum atomic E-state index is 5.52. The zero-order valence-corrected chi connectivity index (χ0v) is 7.99. The van der Waals surface area contributed by atoms with E-state index in [1.165, 1.54) is 0 Å². The van der Waals surface area contributed by atoms with E-state index in [4.69, 9.17) is 4.74 Å². The summed E-state index contributed by atoms with van der Waals surface area (Å²) in [5, 5.41) is 0. The SMILES string of the molecule is C=CCCOC(/C=C\C)/C=C\C. The molecule has 0 atom stereocenters. The molecule has 0 aromatic heterocycles. The van der Waals surface area contributed by atoms with Crippen LogP contribution in [0, 0.1) is 0 Å². The molecule has 68 valence electrons. The molecule has 0 aromatic rings. The molecule has 0 unspecified atom stereocenters. The number of ether oxygens (including phenoxy) is 1. The first-order valence-corrected chi connectivity index (χ1v) is 4.33. The summed E-state index contributed by atoms with van der Waals surface area (Å²) in [6.45, 7) is 8.36. The van der Waals surface area contributed by atoms with Crippen LogP contribution >= 0.6 is 0 Å². The van der Waals surface area contributed by atoms with Crippen molar-refractivity contribution >= 4 is 0 Å². The minimum atomic E-state index is 0.125. The summed E-state index contributed by atoms with van der Waals surface area (Å²) < 4.78 is 5.52. The standard InChI is InChI=1S/C11H18O/c1-4-7-10-12-11(8-5-2)9-6-3/h4-6,8-9,11H,1,7,10H2,2-3H3/b8-5-,9-6-. The zero-order valence-electron chi connectivity index (χ0n) is 7.99. The lowest BCUT2D eigenvalue weighted by molar-refractivity contribution is 0.119. The summed E-state index contributed by atoms with van der Waals surface area (Å²) in [6, 6.07) is 0. The highest BCUT2D eigenvalue weighted by atomic mass is 16.5. The Kier molecular flexibility index (Phi) is 7.71. The minimum absolute atomic E-state index is 0.125. The normalized spacial score (nSPS) is 11.9. The van der Waals surface area contributed by atoms with Crippen molar-refractivity contribution in [1.29, 1.82) is 0 Å². The van der Waals surface area contributed by atoms with Gasteiger partial charge in [0.25, 0.3) is 0 Å². The Morgan fingerprint density at radius 2 is 1.83 bits per heavy atom. The van der Waals surface area contributed by atoms with Gasteiger partial charge >= 0.3 is 0 Å². The molecular weight excluding hydrogens is 148 g/mol. The monoisotopic (exact) mass is 166 g/mol. The number of rotatable bonds is 6. The number of hydrogen-bond donors (Lipinski definition) is 0. The number of hydrogen-bond acceptors (Lipinski definition) is 1. The van der Waals surface area contributed by atoms with Crippen LogP contribution < -0.4 is 0 Å². The molecule has 0 bridgehead atoms. The first kappa shape index (κ1) is 11.2. The molecule has 1 nitrogen and oxygen atoms in total. The van der Waals surface area contributed by atoms with Gasteiger partial charge in [-0.3, -0.25) is 0 Å². The molecule has 0 amide bonds. The largest absolute Gasteiger partial charge is 0.370 e. The van der Waals surface area contributed by atoms with E-state index in [2.05, 4.69) is 6.58 Å². The summed E-state index contributed by atoms with van der Waals surface area (Å²) >= 11 is 0. The third-order valence-corrected chi connectivity index (χ3v) is 1.40. The topological polar surface area (TPSA) is 9.23 Å². The smallest absolute Gasteiger partial charge is 0.0937 e. The van der Waals surface area contributed by atoms with Gasteiger partial charge in [0.1, 0.15) is 0 Å². The maximum absolute atomic E-state index is 5.52. The molecule has 0 saturated heterocycles. The lowest BCUT2D eigenvalue weighted by atomic mass is 10.3. The van der Waals surface area contributed by atoms with Crippen molar-refractivity contribution in [1.82, 2.24) is 0 Å². The van der Waals surface area contributed by atoms with Gasteiger partial charge in [-0.1, -0.05) is 30.4 Å². The molecule has 0 N–H and O–H groups in total. The predicted molar refractivity (Wildman–Crippen MR) is 54.2 cm³/mol. The second kappa shape index (κ2) is 8.28. The second-order valence-corrected chi connectivity index (χ2v) is 2.46. The molecule has 0 fully saturated rings. The molecular formula is C11H18O. The molecule has 0 rings (SSSR count). The van der Waals surface area contributed by atoms with Crippen LogP contribution in [0.25, 0.3) is 0 Å². The Morgan fingerprint density at radius 1 is 1.25 bits per heavy atom. The van der Waals surface area contributed by atoms with E-state index in [1.807, 2.05) is 44.2 Å². The Balaban J connectivity index is 3.70. The van der Waals surface area contributed by atoms with E-state index in [-0.39, 0.29) is 6.10 Å². The van der Waals surface area contributed by atoms with Crippen LogP contribution in [-0.2, 0) is 4.74 Å². The van der Waals surface area contributed by atoms with Gasteiger partial charge in [0, 0.05) is 0 Å². The molecule has 0 spiro atoms. The Hall–Kier alpha value is -0.820. The molecule has 12 heavy (non-hydrogen) atoms. The fourth-order valence-electron chi connectivity index (χ4n) is 0.842. The summed E-state index contributed by atoms with van der Waals surface area (Å²) in [5.41, 5.74) is 0. The van der Waals surface area contributed by atoms with Crippen molar-refractivity contribution in [3.05, 3.63) is 37.0 Å². The van der Waals surface area contributed by atoms with Gasteiger partial charge in [-0.05, 0) is 20.3 Å². The molecule has 0 heterocycles. The molecule has 0 aliphatic rings. The van der Waals surface area contributed by atoms with Crippen molar-refractivity contribution in [2.45, 2.75) is 26.4 Å². The van der Waals surface area contributed by atoms with Gasteiger partial charge in [-0.15, -0.1) is 6.58 Å². The zero-order chi connectivity index (χ0) is 9.23. The number of allylic oxidation sites excluding steroid dienone is 2. The fourth-order valence-corrected chi connectivity index (χ4v) is 0.842. The van der Waals surface area contributed by atoms with Crippen molar-refractivity contribution in [3.8, 4) is 0 Å². The summed E-state index contributed by atoms with van der Waals surface area (Å²) in [7, 11) is 0. The Bertz CT molecular complexity index is 144. The van der Waals surface area contributed by atoms with Gasteiger partial charge in [0.05, 0.1) is 12.7 Å². The van der Waals surface area contributed by atoms with Crippen molar-refractivity contribution in [2.24, 2.45) is 0 Å². The highest BCUT2D eigenvalue weighted by molar-refractivity contribution is 5.00. The molecule has 0 aliphatic carbocycles. The van der Waals surface area contributed by atoms with Crippen LogP contribution in [0.3, 0.4) is 0 Å². The average Bonchev–Trinajstić information content (AvgIpc) is 2.06. The Morgan fingerprint density at radius 3 is 2.25 bits per heavy atom. The van der Waals surface area contributed by atoms with Crippen molar-refractivity contribution < 1.29 is 4.74 Å². The molecule has 0 aliphatic heterocycles. The third kappa shape index (κ3) is 5.93. The highest BCUT2D eigenvalue weighted by Gasteiger charge is 1.96. The lowest BCUT2D eigenvalue weighted by Gasteiger charge is -2.07. The van der Waals surface area contributed by atoms with E-state index in [0.717, 1.165) is 13.0 Å². The van der Waals surface area contributed by atoms with E-state index in [9.17, 15) is 0 Å². The van der Waals surface area contributed by atoms with Gasteiger partial charge in [-0.25, -0.2) is 0 Å². The maximum Gasteiger partial charge on any atom is 0.0937 e. The molecule has 1 heteroatoms. The van der Waals surface area contributed by atoms with Crippen LogP contribution in [0.4, 0.5) is 0 Å². The van der Waals surface area contributed by atoms with Crippen LogP contribution in [-0.4, -0.2) is 12.7 Å². The van der Waals surface area contributed by atoms with E-state index in [0.29, 0.717) is 0 Å². The van der Waals surface area contributed by atoms with Gasteiger partial charge in [0.2, 0.25) is 0 Å². The van der Waals surface area contributed by atoms with Crippen LogP contribution in [0.1, 0.15) is 20.3 Å². The van der Waals surface area contributed by atoms with Gasteiger partial charge in [0.15, 0.2) is 0 Å². The molecule has 0 saturated carbocycles. The van der Waals surface area contributed by atoms with Crippen molar-refractivity contribution in [2.75, 3.05) is 6.61 Å². The van der Waals surface area contributed by atoms with E-state index in [1.54, 1.807) is 0 Å². The lowest BCUT2D eigenvalue weighted by Crippen LogP contribution is -2.06. The Labute approximate surface area is 75.4 Å². The predicted octanol–water partition coefficient (Wildman–Crippen LogP) is 3.10. The van der Waals surface area contributed by atoms with E-state index >= 15 is 0 Å². The molecule has 0 radical (unpaired) electrons. The van der Waals surface area contributed by atoms with E-state index < -0.39 is 0 Å². The fraction of sp³-hybridized carbons (Fsp3) is 0.455. The summed E-state index contributed by atoms with van der Waals surface area (Å²) in [6.07, 6.45) is 11.0. The van der Waals surface area contributed by atoms with Crippen LogP contribution in [0.15, 0.2) is 37.0 Å². The quantitative estimate of drug-likeness (QED) is 0.435. The summed E-state index contributed by atoms with van der Waals surface area (Å²) in [5.74, 6) is 0. The first-order chi connectivity index (χ1) is 5.85. The average molecular weight is 166 g/mol. The minimum Gasteiger partial charge on any atom is -0.370 e.